The molecular weight excluding hydrogens is 392 g/mol. The number of hydrogen-bond donors (Lipinski definition) is 2. The smallest absolute Gasteiger partial charge is 0.329 e. The van der Waals surface area contributed by atoms with Crippen LogP contribution in [0.15, 0.2) is 39.0 Å². The summed E-state index contributed by atoms with van der Waals surface area (Å²) in [5, 5.41) is 11.1. The van der Waals surface area contributed by atoms with Gasteiger partial charge in [0, 0.05) is 12.8 Å². The number of aromatic nitrogens is 4. The van der Waals surface area contributed by atoms with Gasteiger partial charge in [0.25, 0.3) is 5.56 Å². The van der Waals surface area contributed by atoms with E-state index in [1.54, 1.807) is 11.6 Å². The molecule has 0 aliphatic carbocycles. The van der Waals surface area contributed by atoms with Crippen LogP contribution in [0.3, 0.4) is 0 Å². The molecule has 156 valence electrons. The fourth-order valence-corrected chi connectivity index (χ4v) is 3.82. The van der Waals surface area contributed by atoms with Gasteiger partial charge in [-0.2, -0.15) is 0 Å². The number of imidazole rings is 1. The van der Waals surface area contributed by atoms with Crippen molar-refractivity contribution in [2.45, 2.75) is 44.5 Å². The molecule has 29 heavy (non-hydrogen) atoms. The lowest BCUT2D eigenvalue weighted by atomic mass is 10.2. The normalized spacial score (nSPS) is 12.4. The zero-order valence-corrected chi connectivity index (χ0v) is 17.7. The van der Waals surface area contributed by atoms with Gasteiger partial charge in [-0.05, 0) is 30.5 Å². The SMILES string of the molecule is CCCSc1nc2c(c(=O)[nH]c(=O)n2C)n1C[C@H](O)COc1ccc(CC)cc1. The largest absolute Gasteiger partial charge is 0.491 e. The molecule has 0 bridgehead atoms. The summed E-state index contributed by atoms with van der Waals surface area (Å²) in [7, 11) is 1.56. The molecule has 0 radical (unpaired) electrons. The van der Waals surface area contributed by atoms with Crippen LogP contribution in [0.1, 0.15) is 25.8 Å². The van der Waals surface area contributed by atoms with Crippen LogP contribution >= 0.6 is 11.8 Å². The molecule has 0 spiro atoms. The van der Waals surface area contributed by atoms with Gasteiger partial charge in [0.2, 0.25) is 0 Å². The molecule has 1 aromatic carbocycles. The molecule has 2 heterocycles. The zero-order chi connectivity index (χ0) is 21.0. The number of aromatic amines is 1. The van der Waals surface area contributed by atoms with Gasteiger partial charge in [-0.25, -0.2) is 9.78 Å². The Balaban J connectivity index is 1.84. The molecule has 9 heteroatoms. The van der Waals surface area contributed by atoms with Gasteiger partial charge in [-0.3, -0.25) is 14.3 Å². The summed E-state index contributed by atoms with van der Waals surface area (Å²) in [5.41, 5.74) is 0.767. The van der Waals surface area contributed by atoms with E-state index >= 15 is 0 Å². The lowest BCUT2D eigenvalue weighted by Crippen LogP contribution is -2.30. The minimum Gasteiger partial charge on any atom is -0.491 e. The van der Waals surface area contributed by atoms with Gasteiger partial charge >= 0.3 is 5.69 Å². The minimum absolute atomic E-state index is 0.0761. The number of ether oxygens (including phenoxy) is 1. The molecule has 3 rings (SSSR count). The van der Waals surface area contributed by atoms with Crippen molar-refractivity contribution in [3.63, 3.8) is 0 Å². The molecule has 0 fully saturated rings. The highest BCUT2D eigenvalue weighted by Crippen LogP contribution is 2.22. The summed E-state index contributed by atoms with van der Waals surface area (Å²) in [6, 6.07) is 7.73. The van der Waals surface area contributed by atoms with Crippen molar-refractivity contribution in [1.29, 1.82) is 0 Å². The summed E-state index contributed by atoms with van der Waals surface area (Å²) in [6.07, 6.45) is 1.03. The first kappa shape index (κ1) is 21.2. The highest BCUT2D eigenvalue weighted by Gasteiger charge is 2.20. The minimum atomic E-state index is -0.851. The molecule has 2 N–H and O–H groups in total. The second-order valence-electron chi connectivity index (χ2n) is 6.81. The fraction of sp³-hybridized carbons (Fsp3) is 0.450. The molecule has 0 saturated heterocycles. The Hall–Kier alpha value is -2.52. The quantitative estimate of drug-likeness (QED) is 0.515. The Bertz CT molecular complexity index is 1080. The number of rotatable bonds is 9. The molecule has 2 aromatic heterocycles. The van der Waals surface area contributed by atoms with Crippen molar-refractivity contribution in [3.8, 4) is 5.75 Å². The second kappa shape index (κ2) is 9.32. The van der Waals surface area contributed by atoms with E-state index in [9.17, 15) is 14.7 Å². The molecule has 0 amide bonds. The highest BCUT2D eigenvalue weighted by atomic mass is 32.2. The van der Waals surface area contributed by atoms with Crippen LogP contribution < -0.4 is 16.0 Å². The Morgan fingerprint density at radius 3 is 2.62 bits per heavy atom. The van der Waals surface area contributed by atoms with Crippen molar-refractivity contribution in [2.75, 3.05) is 12.4 Å². The third-order valence-electron chi connectivity index (χ3n) is 4.57. The fourth-order valence-electron chi connectivity index (χ4n) is 2.96. The third-order valence-corrected chi connectivity index (χ3v) is 5.76. The second-order valence-corrected chi connectivity index (χ2v) is 7.87. The summed E-state index contributed by atoms with van der Waals surface area (Å²) in [6.45, 7) is 4.35. The predicted octanol–water partition coefficient (Wildman–Crippen LogP) is 1.93. The Morgan fingerprint density at radius 1 is 1.24 bits per heavy atom. The maximum absolute atomic E-state index is 12.4. The van der Waals surface area contributed by atoms with Crippen LogP contribution in [0.25, 0.3) is 11.2 Å². The average Bonchev–Trinajstić information content (AvgIpc) is 3.08. The lowest BCUT2D eigenvalue weighted by Gasteiger charge is -2.15. The van der Waals surface area contributed by atoms with Gasteiger partial charge in [-0.1, -0.05) is 37.7 Å². The van der Waals surface area contributed by atoms with Crippen LogP contribution in [0.5, 0.6) is 5.75 Å². The Kier molecular flexibility index (Phi) is 6.81. The lowest BCUT2D eigenvalue weighted by molar-refractivity contribution is 0.0914. The van der Waals surface area contributed by atoms with Crippen LogP contribution in [0.4, 0.5) is 0 Å². The van der Waals surface area contributed by atoms with Gasteiger partial charge < -0.3 is 14.4 Å². The van der Waals surface area contributed by atoms with E-state index in [0.717, 1.165) is 18.6 Å². The Labute approximate surface area is 172 Å². The average molecular weight is 419 g/mol. The standard InChI is InChI=1S/C20H26N4O4S/c1-4-10-29-20-21-17-16(18(26)22-19(27)23(17)3)24(20)11-14(25)12-28-15-8-6-13(5-2)7-9-15/h6-9,14,25H,4-5,10-12H2,1-3H3,(H,22,26,27)/t14-/m0/s1. The van der Waals surface area contributed by atoms with Crippen LogP contribution in [-0.4, -0.2) is 42.7 Å². The number of aryl methyl sites for hydroxylation is 2. The first-order chi connectivity index (χ1) is 13.9. The molecule has 0 aliphatic rings. The van der Waals surface area contributed by atoms with Crippen LogP contribution in [-0.2, 0) is 20.0 Å². The van der Waals surface area contributed by atoms with Gasteiger partial charge in [0.15, 0.2) is 16.3 Å². The number of benzene rings is 1. The van der Waals surface area contributed by atoms with E-state index in [-0.39, 0.29) is 18.7 Å². The summed E-state index contributed by atoms with van der Waals surface area (Å²) < 4.78 is 8.67. The summed E-state index contributed by atoms with van der Waals surface area (Å²) in [4.78, 5) is 31.1. The highest BCUT2D eigenvalue weighted by molar-refractivity contribution is 7.99. The topological polar surface area (TPSA) is 102 Å². The summed E-state index contributed by atoms with van der Waals surface area (Å²) in [5.74, 6) is 1.49. The van der Waals surface area contributed by atoms with E-state index in [1.165, 1.54) is 21.9 Å². The maximum atomic E-state index is 12.4. The molecule has 8 nitrogen and oxygen atoms in total. The molecule has 0 aliphatic heterocycles. The van der Waals surface area contributed by atoms with E-state index < -0.39 is 17.4 Å². The van der Waals surface area contributed by atoms with E-state index in [4.69, 9.17) is 4.74 Å². The van der Waals surface area contributed by atoms with Crippen molar-refractivity contribution in [3.05, 3.63) is 50.7 Å². The van der Waals surface area contributed by atoms with Crippen molar-refractivity contribution in [1.82, 2.24) is 19.1 Å². The number of thioether (sulfide) groups is 1. The number of hydrogen-bond acceptors (Lipinski definition) is 6. The van der Waals surface area contributed by atoms with Crippen molar-refractivity contribution >= 4 is 22.9 Å². The molecule has 3 aromatic rings. The van der Waals surface area contributed by atoms with Crippen LogP contribution in [0, 0.1) is 0 Å². The van der Waals surface area contributed by atoms with Gasteiger partial charge in [0.05, 0.1) is 6.54 Å². The number of fused-ring (bicyclic) bond motifs is 1. The van der Waals surface area contributed by atoms with Crippen LogP contribution in [0.2, 0.25) is 0 Å². The monoisotopic (exact) mass is 418 g/mol. The van der Waals surface area contributed by atoms with Gasteiger partial charge in [0.1, 0.15) is 18.5 Å². The number of H-pyrrole nitrogens is 1. The van der Waals surface area contributed by atoms with Crippen molar-refractivity contribution in [2.24, 2.45) is 7.05 Å². The predicted molar refractivity (Wildman–Crippen MR) is 114 cm³/mol. The van der Waals surface area contributed by atoms with E-state index in [2.05, 4.69) is 23.8 Å². The number of aliphatic hydroxyl groups is 1. The van der Waals surface area contributed by atoms with E-state index in [1.807, 2.05) is 24.3 Å². The summed E-state index contributed by atoms with van der Waals surface area (Å²) >= 11 is 1.49. The van der Waals surface area contributed by atoms with Crippen molar-refractivity contribution < 1.29 is 9.84 Å². The Morgan fingerprint density at radius 2 is 1.97 bits per heavy atom. The molecule has 1 atom stereocenters. The number of aliphatic hydroxyl groups excluding tert-OH is 1. The number of nitrogens with one attached hydrogen (secondary N) is 1. The third kappa shape index (κ3) is 4.73. The van der Waals surface area contributed by atoms with Gasteiger partial charge in [-0.15, -0.1) is 0 Å². The maximum Gasteiger partial charge on any atom is 0.329 e. The number of nitrogens with zero attached hydrogens (tertiary/aromatic N) is 3. The van der Waals surface area contributed by atoms with E-state index in [0.29, 0.717) is 16.6 Å². The first-order valence-corrected chi connectivity index (χ1v) is 10.6. The molecular formula is C20H26N4O4S. The molecule has 0 saturated carbocycles. The molecule has 0 unspecified atom stereocenters. The zero-order valence-electron chi connectivity index (χ0n) is 16.8. The first-order valence-electron chi connectivity index (χ1n) is 9.66.